The van der Waals surface area contributed by atoms with Gasteiger partial charge >= 0.3 is 0 Å². The molecule has 1 aliphatic rings. The summed E-state index contributed by atoms with van der Waals surface area (Å²) in [5.74, 6) is 0. The maximum Gasteiger partial charge on any atom is 0.150 e. The van der Waals surface area contributed by atoms with E-state index in [0.717, 1.165) is 24.8 Å². The Morgan fingerprint density at radius 3 is 2.53 bits per heavy atom. The molecule has 0 amide bonds. The maximum atomic E-state index is 10.5. The lowest BCUT2D eigenvalue weighted by Crippen LogP contribution is -2.29. The van der Waals surface area contributed by atoms with Crippen LogP contribution in [0, 0.1) is 0 Å². The lowest BCUT2D eigenvalue weighted by Gasteiger charge is -2.22. The number of hydrogen-bond acceptors (Lipinski definition) is 3. The summed E-state index contributed by atoms with van der Waals surface area (Å²) in [5, 5.41) is 10.4. The highest BCUT2D eigenvalue weighted by molar-refractivity contribution is 5.74. The summed E-state index contributed by atoms with van der Waals surface area (Å²) in [6.07, 6.45) is 1.57. The highest BCUT2D eigenvalue weighted by Gasteiger charge is 2.35. The third-order valence-corrected chi connectivity index (χ3v) is 3.02. The van der Waals surface area contributed by atoms with Crippen molar-refractivity contribution >= 4 is 6.29 Å². The molecule has 0 radical (unpaired) electrons. The van der Waals surface area contributed by atoms with Crippen LogP contribution in [0.2, 0.25) is 0 Å². The molecule has 1 saturated heterocycles. The molecule has 3 heteroatoms. The van der Waals surface area contributed by atoms with Crippen molar-refractivity contribution < 1.29 is 9.90 Å². The van der Waals surface area contributed by atoms with Crippen LogP contribution in [0.15, 0.2) is 24.3 Å². The van der Waals surface area contributed by atoms with Gasteiger partial charge in [0, 0.05) is 18.7 Å². The molecule has 15 heavy (non-hydrogen) atoms. The number of likely N-dealkylation sites (tertiary alicyclic amines) is 1. The summed E-state index contributed by atoms with van der Waals surface area (Å²) in [6, 6.07) is 7.17. The van der Waals surface area contributed by atoms with Crippen molar-refractivity contribution in [3.05, 3.63) is 35.4 Å². The Bertz CT molecular complexity index is 360. The standard InChI is InChI=1S/C12H15NO2/c1-13-7-6-12(15,9-13)11-4-2-10(8-14)3-5-11/h2-5,8,15H,6-7,9H2,1H3. The van der Waals surface area contributed by atoms with E-state index in [9.17, 15) is 9.90 Å². The normalized spacial score (nSPS) is 26.8. The van der Waals surface area contributed by atoms with Crippen molar-refractivity contribution in [1.82, 2.24) is 4.90 Å². The smallest absolute Gasteiger partial charge is 0.150 e. The highest BCUT2D eigenvalue weighted by atomic mass is 16.3. The average molecular weight is 205 g/mol. The molecular weight excluding hydrogens is 190 g/mol. The molecule has 1 aromatic rings. The van der Waals surface area contributed by atoms with Crippen molar-refractivity contribution in [3.63, 3.8) is 0 Å². The molecule has 1 aromatic carbocycles. The van der Waals surface area contributed by atoms with E-state index in [0.29, 0.717) is 12.1 Å². The van der Waals surface area contributed by atoms with Crippen LogP contribution in [0.1, 0.15) is 22.3 Å². The number of rotatable bonds is 2. The fraction of sp³-hybridized carbons (Fsp3) is 0.417. The van der Waals surface area contributed by atoms with Gasteiger partial charge in [-0.2, -0.15) is 0 Å². The van der Waals surface area contributed by atoms with Crippen LogP contribution in [0.3, 0.4) is 0 Å². The third-order valence-electron chi connectivity index (χ3n) is 3.02. The Labute approximate surface area is 89.3 Å². The summed E-state index contributed by atoms with van der Waals surface area (Å²) in [5.41, 5.74) is 0.807. The predicted octanol–water partition coefficient (Wildman–Crippen LogP) is 1.02. The van der Waals surface area contributed by atoms with Crippen LogP contribution in [-0.4, -0.2) is 36.4 Å². The van der Waals surface area contributed by atoms with Gasteiger partial charge < -0.3 is 10.0 Å². The molecule has 3 nitrogen and oxygen atoms in total. The lowest BCUT2D eigenvalue weighted by atomic mass is 9.92. The Balaban J connectivity index is 2.25. The molecule has 0 aliphatic carbocycles. The van der Waals surface area contributed by atoms with Crippen molar-refractivity contribution in [2.75, 3.05) is 20.1 Å². The summed E-state index contributed by atoms with van der Waals surface area (Å²) >= 11 is 0. The van der Waals surface area contributed by atoms with Crippen LogP contribution < -0.4 is 0 Å². The van der Waals surface area contributed by atoms with Crippen LogP contribution in [-0.2, 0) is 5.60 Å². The Morgan fingerprint density at radius 2 is 2.07 bits per heavy atom. The zero-order valence-corrected chi connectivity index (χ0v) is 8.81. The second kappa shape index (κ2) is 3.76. The molecule has 80 valence electrons. The van der Waals surface area contributed by atoms with Gasteiger partial charge in [0.15, 0.2) is 0 Å². The van der Waals surface area contributed by atoms with Crippen LogP contribution >= 0.6 is 0 Å². The number of β-amino-alcohol motifs (C(OH)–C–C–N with tert-alkyl or cyclic N) is 1. The Hall–Kier alpha value is -1.19. The highest BCUT2D eigenvalue weighted by Crippen LogP contribution is 2.30. The first-order chi connectivity index (χ1) is 7.14. The molecule has 1 atom stereocenters. The van der Waals surface area contributed by atoms with E-state index >= 15 is 0 Å². The number of aliphatic hydroxyl groups is 1. The van der Waals surface area contributed by atoms with Crippen molar-refractivity contribution in [3.8, 4) is 0 Å². The van der Waals surface area contributed by atoms with Gasteiger partial charge in [-0.1, -0.05) is 24.3 Å². The largest absolute Gasteiger partial charge is 0.384 e. The number of aldehydes is 1. The molecule has 1 heterocycles. The zero-order valence-electron chi connectivity index (χ0n) is 8.81. The van der Waals surface area contributed by atoms with Gasteiger partial charge in [0.25, 0.3) is 0 Å². The molecule has 1 unspecified atom stereocenters. The molecule has 1 N–H and O–H groups in total. The molecule has 0 saturated carbocycles. The third kappa shape index (κ3) is 1.94. The van der Waals surface area contributed by atoms with E-state index in [1.165, 1.54) is 0 Å². The molecule has 1 fully saturated rings. The first kappa shape index (κ1) is 10.3. The Kier molecular flexibility index (Phi) is 2.59. The van der Waals surface area contributed by atoms with E-state index in [-0.39, 0.29) is 0 Å². The monoisotopic (exact) mass is 205 g/mol. The van der Waals surface area contributed by atoms with E-state index in [1.54, 1.807) is 12.1 Å². The number of carbonyl (C=O) groups excluding carboxylic acids is 1. The van der Waals surface area contributed by atoms with Crippen LogP contribution in [0.5, 0.6) is 0 Å². The molecule has 1 aliphatic heterocycles. The van der Waals surface area contributed by atoms with Gasteiger partial charge in [0.2, 0.25) is 0 Å². The number of carbonyl (C=O) groups is 1. The van der Waals surface area contributed by atoms with Crippen LogP contribution in [0.4, 0.5) is 0 Å². The molecule has 2 rings (SSSR count). The Morgan fingerprint density at radius 1 is 1.40 bits per heavy atom. The van der Waals surface area contributed by atoms with E-state index in [2.05, 4.69) is 4.90 Å². The van der Waals surface area contributed by atoms with Gasteiger partial charge in [-0.3, -0.25) is 4.79 Å². The topological polar surface area (TPSA) is 40.5 Å². The maximum absolute atomic E-state index is 10.5. The number of likely N-dealkylation sites (N-methyl/N-ethyl adjacent to an activating group) is 1. The second-order valence-corrected chi connectivity index (χ2v) is 4.26. The van der Waals surface area contributed by atoms with Crippen LogP contribution in [0.25, 0.3) is 0 Å². The fourth-order valence-electron chi connectivity index (χ4n) is 2.09. The van der Waals surface area contributed by atoms with Gasteiger partial charge in [0.1, 0.15) is 11.9 Å². The zero-order chi connectivity index (χ0) is 10.9. The van der Waals surface area contributed by atoms with E-state index < -0.39 is 5.60 Å². The number of nitrogens with zero attached hydrogens (tertiary/aromatic N) is 1. The quantitative estimate of drug-likeness (QED) is 0.733. The van der Waals surface area contributed by atoms with E-state index in [4.69, 9.17) is 0 Å². The fourth-order valence-corrected chi connectivity index (χ4v) is 2.09. The van der Waals surface area contributed by atoms with Crippen molar-refractivity contribution in [2.24, 2.45) is 0 Å². The minimum absolute atomic E-state index is 0.647. The lowest BCUT2D eigenvalue weighted by molar-refractivity contribution is 0.0488. The molecule has 0 bridgehead atoms. The minimum Gasteiger partial charge on any atom is -0.384 e. The van der Waals surface area contributed by atoms with Gasteiger partial charge in [-0.25, -0.2) is 0 Å². The predicted molar refractivity (Wildman–Crippen MR) is 57.8 cm³/mol. The first-order valence-electron chi connectivity index (χ1n) is 5.11. The van der Waals surface area contributed by atoms with Crippen molar-refractivity contribution in [1.29, 1.82) is 0 Å². The summed E-state index contributed by atoms with van der Waals surface area (Å²) in [6.45, 7) is 1.57. The minimum atomic E-state index is -0.740. The summed E-state index contributed by atoms with van der Waals surface area (Å²) in [4.78, 5) is 12.6. The summed E-state index contributed by atoms with van der Waals surface area (Å²) in [7, 11) is 2.00. The van der Waals surface area contributed by atoms with Crippen molar-refractivity contribution in [2.45, 2.75) is 12.0 Å². The molecule has 0 spiro atoms. The van der Waals surface area contributed by atoms with Gasteiger partial charge in [-0.05, 0) is 19.0 Å². The average Bonchev–Trinajstić information content (AvgIpc) is 2.60. The SMILES string of the molecule is CN1CCC(O)(c2ccc(C=O)cc2)C1. The van der Waals surface area contributed by atoms with Gasteiger partial charge in [-0.15, -0.1) is 0 Å². The van der Waals surface area contributed by atoms with E-state index in [1.807, 2.05) is 19.2 Å². The van der Waals surface area contributed by atoms with Gasteiger partial charge in [0.05, 0.1) is 0 Å². The number of benzene rings is 1. The first-order valence-corrected chi connectivity index (χ1v) is 5.11. The second-order valence-electron chi connectivity index (χ2n) is 4.26. The number of hydrogen-bond donors (Lipinski definition) is 1. The molecule has 0 aromatic heterocycles. The molecular formula is C12H15NO2. The summed E-state index contributed by atoms with van der Waals surface area (Å²) < 4.78 is 0.